The normalized spacial score (nSPS) is 11.5. The number of carbonyl (C=O) groups is 1. The third-order valence-electron chi connectivity index (χ3n) is 3.60. The summed E-state index contributed by atoms with van der Waals surface area (Å²) in [5.74, 6) is 1.30. The summed E-state index contributed by atoms with van der Waals surface area (Å²) in [5, 5.41) is 0. The van der Waals surface area contributed by atoms with Crippen molar-refractivity contribution in [1.29, 1.82) is 0 Å². The van der Waals surface area contributed by atoms with Gasteiger partial charge in [0.25, 0.3) is 5.91 Å². The SMILES string of the molecule is COc1ccc(C(C)N(C)C(=O)c2coc(CN)c2)cc1.Cl. The molecule has 22 heavy (non-hydrogen) atoms. The second-order valence-electron chi connectivity index (χ2n) is 4.87. The van der Waals surface area contributed by atoms with Crippen molar-refractivity contribution in [3.8, 4) is 5.75 Å². The Morgan fingerprint density at radius 1 is 1.36 bits per heavy atom. The summed E-state index contributed by atoms with van der Waals surface area (Å²) in [6.45, 7) is 2.26. The van der Waals surface area contributed by atoms with Crippen molar-refractivity contribution in [3.63, 3.8) is 0 Å². The van der Waals surface area contributed by atoms with E-state index in [0.717, 1.165) is 11.3 Å². The summed E-state index contributed by atoms with van der Waals surface area (Å²) in [6, 6.07) is 9.30. The lowest BCUT2D eigenvalue weighted by Crippen LogP contribution is -2.29. The second-order valence-corrected chi connectivity index (χ2v) is 4.87. The molecule has 1 heterocycles. The van der Waals surface area contributed by atoms with Crippen molar-refractivity contribution in [2.75, 3.05) is 14.2 Å². The molecule has 0 bridgehead atoms. The Hall–Kier alpha value is -1.98. The molecule has 2 rings (SSSR count). The number of amides is 1. The van der Waals surface area contributed by atoms with Crippen LogP contribution in [0.3, 0.4) is 0 Å². The number of methoxy groups -OCH3 is 1. The van der Waals surface area contributed by atoms with E-state index in [2.05, 4.69) is 0 Å². The first-order valence-corrected chi connectivity index (χ1v) is 6.75. The van der Waals surface area contributed by atoms with Crippen molar-refractivity contribution in [3.05, 3.63) is 53.5 Å². The van der Waals surface area contributed by atoms with Gasteiger partial charge in [0.05, 0.1) is 25.3 Å². The van der Waals surface area contributed by atoms with Gasteiger partial charge < -0.3 is 19.8 Å². The largest absolute Gasteiger partial charge is 0.497 e. The average molecular weight is 325 g/mol. The molecule has 0 saturated heterocycles. The number of furan rings is 1. The Morgan fingerprint density at radius 2 is 2.00 bits per heavy atom. The Morgan fingerprint density at radius 3 is 2.50 bits per heavy atom. The predicted molar refractivity (Wildman–Crippen MR) is 87.3 cm³/mol. The molecule has 1 amide bonds. The van der Waals surface area contributed by atoms with Crippen LogP contribution in [0.4, 0.5) is 0 Å². The molecule has 0 aliphatic heterocycles. The van der Waals surface area contributed by atoms with E-state index >= 15 is 0 Å². The molecule has 1 aromatic heterocycles. The molecular formula is C16H21ClN2O3. The van der Waals surface area contributed by atoms with Gasteiger partial charge in [-0.1, -0.05) is 12.1 Å². The number of nitrogens with two attached hydrogens (primary N) is 1. The lowest BCUT2D eigenvalue weighted by molar-refractivity contribution is 0.0742. The molecule has 1 atom stereocenters. The van der Waals surface area contributed by atoms with Crippen LogP contribution in [0.15, 0.2) is 41.0 Å². The minimum absolute atomic E-state index is 0. The predicted octanol–water partition coefficient (Wildman–Crippen LogP) is 3.00. The number of ether oxygens (including phenoxy) is 1. The van der Waals surface area contributed by atoms with Gasteiger partial charge in [0.2, 0.25) is 0 Å². The molecule has 120 valence electrons. The third kappa shape index (κ3) is 3.81. The lowest BCUT2D eigenvalue weighted by atomic mass is 10.1. The summed E-state index contributed by atoms with van der Waals surface area (Å²) in [4.78, 5) is 14.1. The van der Waals surface area contributed by atoms with Crippen LogP contribution in [0.5, 0.6) is 5.75 Å². The highest BCUT2D eigenvalue weighted by Gasteiger charge is 2.20. The van der Waals surface area contributed by atoms with Crippen molar-refractivity contribution in [2.24, 2.45) is 5.73 Å². The summed E-state index contributed by atoms with van der Waals surface area (Å²) in [5.41, 5.74) is 7.04. The van der Waals surface area contributed by atoms with Gasteiger partial charge >= 0.3 is 0 Å². The van der Waals surface area contributed by atoms with E-state index in [0.29, 0.717) is 11.3 Å². The molecule has 0 saturated carbocycles. The maximum atomic E-state index is 12.4. The Balaban J connectivity index is 0.00000242. The zero-order valence-electron chi connectivity index (χ0n) is 12.9. The summed E-state index contributed by atoms with van der Waals surface area (Å²) in [7, 11) is 3.40. The van der Waals surface area contributed by atoms with Gasteiger partial charge in [-0.25, -0.2) is 0 Å². The molecule has 0 spiro atoms. The number of halogens is 1. The first-order valence-electron chi connectivity index (χ1n) is 6.75. The number of hydrogen-bond donors (Lipinski definition) is 1. The smallest absolute Gasteiger partial charge is 0.257 e. The number of hydrogen-bond acceptors (Lipinski definition) is 4. The quantitative estimate of drug-likeness (QED) is 0.918. The van der Waals surface area contributed by atoms with Crippen LogP contribution >= 0.6 is 12.4 Å². The zero-order valence-corrected chi connectivity index (χ0v) is 13.7. The van der Waals surface area contributed by atoms with Crippen LogP contribution in [-0.2, 0) is 6.54 Å². The molecule has 1 aromatic carbocycles. The molecule has 1 unspecified atom stereocenters. The fourth-order valence-electron chi connectivity index (χ4n) is 2.09. The molecule has 0 fully saturated rings. The zero-order chi connectivity index (χ0) is 15.4. The molecule has 0 aliphatic carbocycles. The summed E-state index contributed by atoms with van der Waals surface area (Å²) in [6.07, 6.45) is 1.45. The van der Waals surface area contributed by atoms with Gasteiger partial charge in [0.15, 0.2) is 0 Å². The van der Waals surface area contributed by atoms with E-state index in [1.165, 1.54) is 6.26 Å². The van der Waals surface area contributed by atoms with E-state index in [-0.39, 0.29) is 30.9 Å². The molecule has 2 N–H and O–H groups in total. The van der Waals surface area contributed by atoms with E-state index in [1.54, 1.807) is 25.1 Å². The highest BCUT2D eigenvalue weighted by Crippen LogP contribution is 2.23. The molecule has 5 nitrogen and oxygen atoms in total. The van der Waals surface area contributed by atoms with Crippen LogP contribution < -0.4 is 10.5 Å². The first-order chi connectivity index (χ1) is 10.1. The van der Waals surface area contributed by atoms with E-state index in [1.807, 2.05) is 31.2 Å². The van der Waals surface area contributed by atoms with Gasteiger partial charge in [-0.05, 0) is 30.7 Å². The van der Waals surface area contributed by atoms with Crippen molar-refractivity contribution in [2.45, 2.75) is 19.5 Å². The Bertz CT molecular complexity index is 610. The maximum absolute atomic E-state index is 12.4. The minimum atomic E-state index is -0.0956. The van der Waals surface area contributed by atoms with Gasteiger partial charge in [-0.15, -0.1) is 12.4 Å². The Kier molecular flexibility index (Phi) is 6.46. The van der Waals surface area contributed by atoms with Crippen LogP contribution in [0.2, 0.25) is 0 Å². The van der Waals surface area contributed by atoms with Crippen LogP contribution in [0, 0.1) is 0 Å². The van der Waals surface area contributed by atoms with E-state index in [4.69, 9.17) is 14.9 Å². The van der Waals surface area contributed by atoms with Gasteiger partial charge in [0, 0.05) is 7.05 Å². The van der Waals surface area contributed by atoms with Crippen LogP contribution in [0.25, 0.3) is 0 Å². The number of nitrogens with zero attached hydrogens (tertiary/aromatic N) is 1. The van der Waals surface area contributed by atoms with E-state index in [9.17, 15) is 4.79 Å². The highest BCUT2D eigenvalue weighted by atomic mass is 35.5. The summed E-state index contributed by atoms with van der Waals surface area (Å²) < 4.78 is 10.3. The van der Waals surface area contributed by atoms with E-state index < -0.39 is 0 Å². The third-order valence-corrected chi connectivity index (χ3v) is 3.60. The second kappa shape index (κ2) is 7.87. The van der Waals surface area contributed by atoms with Gasteiger partial charge in [-0.2, -0.15) is 0 Å². The average Bonchev–Trinajstić information content (AvgIpc) is 3.02. The standard InChI is InChI=1S/C16H20N2O3.ClH/c1-11(12-4-6-14(20-3)7-5-12)18(2)16(19)13-8-15(9-17)21-10-13;/h4-8,10-11H,9,17H2,1-3H3;1H. The first kappa shape index (κ1) is 18.1. The van der Waals surface area contributed by atoms with Crippen molar-refractivity contribution < 1.29 is 13.9 Å². The number of rotatable bonds is 5. The number of benzene rings is 1. The van der Waals surface area contributed by atoms with Crippen molar-refractivity contribution >= 4 is 18.3 Å². The summed E-state index contributed by atoms with van der Waals surface area (Å²) >= 11 is 0. The van der Waals surface area contributed by atoms with Gasteiger partial charge in [0.1, 0.15) is 17.8 Å². The topological polar surface area (TPSA) is 68.7 Å². The highest BCUT2D eigenvalue weighted by molar-refractivity contribution is 5.94. The monoisotopic (exact) mass is 324 g/mol. The van der Waals surface area contributed by atoms with Crippen molar-refractivity contribution in [1.82, 2.24) is 4.90 Å². The molecule has 2 aromatic rings. The Labute approximate surface area is 136 Å². The van der Waals surface area contributed by atoms with Gasteiger partial charge in [-0.3, -0.25) is 4.79 Å². The molecule has 0 radical (unpaired) electrons. The maximum Gasteiger partial charge on any atom is 0.257 e. The fraction of sp³-hybridized carbons (Fsp3) is 0.312. The molecule has 0 aliphatic rings. The molecule has 6 heteroatoms. The lowest BCUT2D eigenvalue weighted by Gasteiger charge is -2.25. The minimum Gasteiger partial charge on any atom is -0.497 e. The fourth-order valence-corrected chi connectivity index (χ4v) is 2.09. The number of carbonyl (C=O) groups excluding carboxylic acids is 1. The molecular weight excluding hydrogens is 304 g/mol. The van der Waals surface area contributed by atoms with Crippen LogP contribution in [0.1, 0.15) is 34.6 Å². The van der Waals surface area contributed by atoms with Crippen LogP contribution in [-0.4, -0.2) is 25.0 Å².